The zero-order valence-corrected chi connectivity index (χ0v) is 15.4. The Kier molecular flexibility index (Phi) is 5.14. The van der Waals surface area contributed by atoms with Crippen LogP contribution in [0.5, 0.6) is 11.6 Å². The Morgan fingerprint density at radius 2 is 2.00 bits per heavy atom. The molecule has 0 bridgehead atoms. The average molecular weight is 401 g/mol. The van der Waals surface area contributed by atoms with Gasteiger partial charge in [-0.2, -0.15) is 5.10 Å². The Labute approximate surface area is 153 Å². The summed E-state index contributed by atoms with van der Waals surface area (Å²) >= 11 is 3.37. The number of H-pyrrole nitrogens is 1. The number of carbonyl (C=O) groups is 1. The molecule has 3 rings (SSSR count). The van der Waals surface area contributed by atoms with Crippen molar-refractivity contribution in [3.8, 4) is 11.6 Å². The molecule has 1 aromatic carbocycles. The molecule has 2 N–H and O–H groups in total. The topological polar surface area (TPSA) is 79.9 Å². The second-order valence-corrected chi connectivity index (χ2v) is 6.65. The first kappa shape index (κ1) is 17.2. The third kappa shape index (κ3) is 4.24. The fraction of sp³-hybridized carbons (Fsp3) is 0.167. The van der Waals surface area contributed by atoms with Crippen molar-refractivity contribution < 1.29 is 9.53 Å². The Hall–Kier alpha value is -2.67. The van der Waals surface area contributed by atoms with E-state index in [1.807, 2.05) is 32.0 Å². The molecule has 0 aliphatic heterocycles. The Balaban J connectivity index is 1.79. The number of hydrogen-bond donors (Lipinski definition) is 2. The summed E-state index contributed by atoms with van der Waals surface area (Å²) in [5.41, 5.74) is 1.28. The summed E-state index contributed by atoms with van der Waals surface area (Å²) in [6.07, 6.45) is 1.58. The van der Waals surface area contributed by atoms with Crippen molar-refractivity contribution in [2.75, 3.05) is 5.32 Å². The molecule has 128 valence electrons. The Morgan fingerprint density at radius 3 is 2.68 bits per heavy atom. The van der Waals surface area contributed by atoms with Crippen LogP contribution in [0.1, 0.15) is 35.8 Å². The van der Waals surface area contributed by atoms with Crippen molar-refractivity contribution in [3.05, 3.63) is 64.4 Å². The predicted molar refractivity (Wildman–Crippen MR) is 99.1 cm³/mol. The van der Waals surface area contributed by atoms with E-state index in [4.69, 9.17) is 4.74 Å². The van der Waals surface area contributed by atoms with E-state index in [0.29, 0.717) is 23.0 Å². The number of benzene rings is 1. The molecule has 0 saturated carbocycles. The smallest absolute Gasteiger partial charge is 0.262 e. The fourth-order valence-corrected chi connectivity index (χ4v) is 2.40. The first-order valence-corrected chi connectivity index (χ1v) is 8.57. The predicted octanol–water partition coefficient (Wildman–Crippen LogP) is 4.74. The lowest BCUT2D eigenvalue weighted by Crippen LogP contribution is -2.13. The maximum atomic E-state index is 12.6. The van der Waals surface area contributed by atoms with Crippen LogP contribution in [0, 0.1) is 0 Å². The number of rotatable bonds is 5. The van der Waals surface area contributed by atoms with Crippen molar-refractivity contribution in [3.63, 3.8) is 0 Å². The third-order valence-corrected chi connectivity index (χ3v) is 4.03. The number of aromatic amines is 1. The van der Waals surface area contributed by atoms with Crippen molar-refractivity contribution in [2.24, 2.45) is 0 Å². The highest BCUT2D eigenvalue weighted by Crippen LogP contribution is 2.25. The van der Waals surface area contributed by atoms with Gasteiger partial charge in [0.15, 0.2) is 5.82 Å². The summed E-state index contributed by atoms with van der Waals surface area (Å²) in [6.45, 7) is 4.09. The highest BCUT2D eigenvalue weighted by Gasteiger charge is 2.16. The molecule has 0 saturated heterocycles. The number of anilines is 1. The van der Waals surface area contributed by atoms with Crippen molar-refractivity contribution in [1.82, 2.24) is 15.2 Å². The first-order valence-electron chi connectivity index (χ1n) is 7.78. The van der Waals surface area contributed by atoms with Gasteiger partial charge >= 0.3 is 0 Å². The minimum absolute atomic E-state index is 0.238. The fourth-order valence-electron chi connectivity index (χ4n) is 2.14. The standard InChI is InChI=1S/C18H17BrN4O2/c1-11(2)15-10-16(23-22-15)21-17(24)14-4-3-9-20-18(14)25-13-7-5-12(19)6-8-13/h3-11H,1-2H3,(H2,21,22,23,24). The number of carbonyl (C=O) groups excluding carboxylic acids is 1. The number of hydrogen-bond acceptors (Lipinski definition) is 4. The molecule has 2 aromatic heterocycles. The summed E-state index contributed by atoms with van der Waals surface area (Å²) in [6, 6.07) is 12.5. The number of nitrogens with one attached hydrogen (secondary N) is 2. The molecule has 0 fully saturated rings. The average Bonchev–Trinajstić information content (AvgIpc) is 3.06. The van der Waals surface area contributed by atoms with Crippen LogP contribution in [-0.2, 0) is 0 Å². The molecular formula is C18H17BrN4O2. The number of pyridine rings is 1. The van der Waals surface area contributed by atoms with Crippen molar-refractivity contribution in [2.45, 2.75) is 19.8 Å². The van der Waals surface area contributed by atoms with Gasteiger partial charge in [-0.1, -0.05) is 29.8 Å². The van der Waals surface area contributed by atoms with E-state index in [0.717, 1.165) is 10.2 Å². The minimum Gasteiger partial charge on any atom is -0.438 e. The van der Waals surface area contributed by atoms with E-state index in [1.54, 1.807) is 30.5 Å². The zero-order chi connectivity index (χ0) is 17.8. The van der Waals surface area contributed by atoms with Crippen LogP contribution in [0.15, 0.2) is 53.1 Å². The summed E-state index contributed by atoms with van der Waals surface area (Å²) in [5.74, 6) is 1.27. The van der Waals surface area contributed by atoms with Crippen LogP contribution in [0.2, 0.25) is 0 Å². The van der Waals surface area contributed by atoms with Crippen LogP contribution in [-0.4, -0.2) is 21.1 Å². The van der Waals surface area contributed by atoms with Gasteiger partial charge in [0, 0.05) is 22.4 Å². The number of ether oxygens (including phenoxy) is 1. The monoisotopic (exact) mass is 400 g/mol. The van der Waals surface area contributed by atoms with E-state index in [9.17, 15) is 4.79 Å². The summed E-state index contributed by atoms with van der Waals surface area (Å²) in [7, 11) is 0. The Morgan fingerprint density at radius 1 is 1.24 bits per heavy atom. The summed E-state index contributed by atoms with van der Waals surface area (Å²) in [5, 5.41) is 9.77. The second-order valence-electron chi connectivity index (χ2n) is 5.73. The van der Waals surface area contributed by atoms with Gasteiger partial charge < -0.3 is 10.1 Å². The largest absolute Gasteiger partial charge is 0.438 e. The van der Waals surface area contributed by atoms with Crippen LogP contribution >= 0.6 is 15.9 Å². The van der Waals surface area contributed by atoms with Gasteiger partial charge in [0.25, 0.3) is 5.91 Å². The minimum atomic E-state index is -0.331. The first-order chi connectivity index (χ1) is 12.0. The van der Waals surface area contributed by atoms with E-state index in [-0.39, 0.29) is 11.8 Å². The van der Waals surface area contributed by atoms with E-state index in [2.05, 4.69) is 36.4 Å². The molecule has 0 atom stereocenters. The normalized spacial score (nSPS) is 10.7. The number of nitrogens with zero attached hydrogens (tertiary/aromatic N) is 2. The van der Waals surface area contributed by atoms with Gasteiger partial charge in [0.05, 0.1) is 0 Å². The lowest BCUT2D eigenvalue weighted by molar-refractivity contribution is 0.102. The molecule has 25 heavy (non-hydrogen) atoms. The van der Waals surface area contributed by atoms with Crippen molar-refractivity contribution >= 4 is 27.7 Å². The van der Waals surface area contributed by atoms with Gasteiger partial charge in [0.1, 0.15) is 11.3 Å². The molecule has 0 spiro atoms. The molecule has 3 aromatic rings. The van der Waals surface area contributed by atoms with E-state index < -0.39 is 0 Å². The van der Waals surface area contributed by atoms with Crippen LogP contribution in [0.4, 0.5) is 5.82 Å². The van der Waals surface area contributed by atoms with Gasteiger partial charge in [-0.25, -0.2) is 4.98 Å². The van der Waals surface area contributed by atoms with Crippen LogP contribution in [0.3, 0.4) is 0 Å². The van der Waals surface area contributed by atoms with Crippen LogP contribution in [0.25, 0.3) is 0 Å². The summed E-state index contributed by atoms with van der Waals surface area (Å²) in [4.78, 5) is 16.7. The molecule has 0 aliphatic carbocycles. The molecule has 2 heterocycles. The van der Waals surface area contributed by atoms with Gasteiger partial charge in [-0.15, -0.1) is 0 Å². The molecule has 7 heteroatoms. The van der Waals surface area contributed by atoms with E-state index in [1.165, 1.54) is 0 Å². The lowest BCUT2D eigenvalue weighted by atomic mass is 10.1. The van der Waals surface area contributed by atoms with Crippen LogP contribution < -0.4 is 10.1 Å². The highest BCUT2D eigenvalue weighted by molar-refractivity contribution is 9.10. The quantitative estimate of drug-likeness (QED) is 0.648. The lowest BCUT2D eigenvalue weighted by Gasteiger charge is -2.09. The third-order valence-electron chi connectivity index (χ3n) is 3.51. The number of aromatic nitrogens is 3. The van der Waals surface area contributed by atoms with E-state index >= 15 is 0 Å². The number of amides is 1. The maximum Gasteiger partial charge on any atom is 0.262 e. The zero-order valence-electron chi connectivity index (χ0n) is 13.8. The second kappa shape index (κ2) is 7.48. The maximum absolute atomic E-state index is 12.6. The van der Waals surface area contributed by atoms with Gasteiger partial charge in [-0.3, -0.25) is 9.89 Å². The molecule has 6 nitrogen and oxygen atoms in total. The molecule has 0 radical (unpaired) electrons. The molecular weight excluding hydrogens is 384 g/mol. The Bertz CT molecular complexity index is 875. The SMILES string of the molecule is CC(C)c1cc(NC(=O)c2cccnc2Oc2ccc(Br)cc2)n[nH]1. The van der Waals surface area contributed by atoms with Crippen molar-refractivity contribution in [1.29, 1.82) is 0 Å². The highest BCUT2D eigenvalue weighted by atomic mass is 79.9. The van der Waals surface area contributed by atoms with Gasteiger partial charge in [0.2, 0.25) is 5.88 Å². The molecule has 0 unspecified atom stereocenters. The summed E-state index contributed by atoms with van der Waals surface area (Å²) < 4.78 is 6.69. The van der Waals surface area contributed by atoms with Gasteiger partial charge in [-0.05, 0) is 42.3 Å². The molecule has 0 aliphatic rings. The molecule has 1 amide bonds. The number of halogens is 1.